The molecule has 0 saturated heterocycles. The Morgan fingerprint density at radius 2 is 1.84 bits per heavy atom. The lowest BCUT2D eigenvalue weighted by molar-refractivity contribution is -0.274. The average molecular weight is 535 g/mol. The Morgan fingerprint density at radius 3 is 2.49 bits per heavy atom. The minimum absolute atomic E-state index is 0.185. The van der Waals surface area contributed by atoms with Crippen molar-refractivity contribution in [3.63, 3.8) is 0 Å². The molecule has 1 atom stereocenters. The summed E-state index contributed by atoms with van der Waals surface area (Å²) in [6.45, 7) is 1.53. The molecule has 37 heavy (non-hydrogen) atoms. The van der Waals surface area contributed by atoms with Gasteiger partial charge in [-0.3, -0.25) is 9.78 Å². The first-order valence-corrected chi connectivity index (χ1v) is 12.4. The van der Waals surface area contributed by atoms with Crippen LogP contribution in [0.25, 0.3) is 22.6 Å². The van der Waals surface area contributed by atoms with Crippen LogP contribution >= 0.6 is 0 Å². The lowest BCUT2D eigenvalue weighted by Crippen LogP contribution is -2.28. The van der Waals surface area contributed by atoms with Gasteiger partial charge in [-0.05, 0) is 49.4 Å². The first kappa shape index (κ1) is 25.9. The second-order valence-electron chi connectivity index (χ2n) is 7.87. The van der Waals surface area contributed by atoms with Gasteiger partial charge in [-0.1, -0.05) is 0 Å². The van der Waals surface area contributed by atoms with Gasteiger partial charge in [-0.2, -0.15) is 0 Å². The van der Waals surface area contributed by atoms with Gasteiger partial charge in [0, 0.05) is 18.0 Å². The highest BCUT2D eigenvalue weighted by atomic mass is 32.2. The SMILES string of the molecule is C[C@H](NC(=O)c1cc(OC(F)(F)F)cc(S(C)(=O)=O)c1)c1nc2cccnc2nc1-c1ccc(F)cn1. The van der Waals surface area contributed by atoms with Crippen LogP contribution in [-0.4, -0.2) is 46.9 Å². The second-order valence-corrected chi connectivity index (χ2v) is 9.89. The van der Waals surface area contributed by atoms with Gasteiger partial charge < -0.3 is 10.1 Å². The molecule has 0 radical (unpaired) electrons. The highest BCUT2D eigenvalue weighted by Gasteiger charge is 2.32. The van der Waals surface area contributed by atoms with E-state index in [-0.39, 0.29) is 22.7 Å². The topological polar surface area (TPSA) is 124 Å². The number of alkyl halides is 3. The number of hydrogen-bond acceptors (Lipinski definition) is 8. The summed E-state index contributed by atoms with van der Waals surface area (Å²) >= 11 is 0. The molecule has 1 N–H and O–H groups in total. The molecular formula is C23H17F4N5O4S. The van der Waals surface area contributed by atoms with E-state index in [1.165, 1.54) is 25.3 Å². The molecule has 0 saturated carbocycles. The molecule has 0 aliphatic carbocycles. The van der Waals surface area contributed by atoms with Crippen LogP contribution < -0.4 is 10.1 Å². The summed E-state index contributed by atoms with van der Waals surface area (Å²) in [6.07, 6.45) is -1.85. The van der Waals surface area contributed by atoms with Gasteiger partial charge in [0.15, 0.2) is 15.5 Å². The van der Waals surface area contributed by atoms with Gasteiger partial charge in [0.2, 0.25) is 0 Å². The Labute approximate surface area is 207 Å². The average Bonchev–Trinajstić information content (AvgIpc) is 2.82. The van der Waals surface area contributed by atoms with Crippen LogP contribution in [0.5, 0.6) is 5.75 Å². The van der Waals surface area contributed by atoms with Crippen molar-refractivity contribution in [2.75, 3.05) is 6.26 Å². The Balaban J connectivity index is 1.74. The molecule has 192 valence electrons. The van der Waals surface area contributed by atoms with Crippen molar-refractivity contribution in [2.45, 2.75) is 24.2 Å². The Kier molecular flexibility index (Phi) is 6.78. The number of sulfone groups is 1. The highest BCUT2D eigenvalue weighted by molar-refractivity contribution is 7.90. The predicted molar refractivity (Wildman–Crippen MR) is 123 cm³/mol. The monoisotopic (exact) mass is 535 g/mol. The van der Waals surface area contributed by atoms with Crippen LogP contribution in [0.15, 0.2) is 59.8 Å². The van der Waals surface area contributed by atoms with Crippen molar-refractivity contribution >= 4 is 26.9 Å². The summed E-state index contributed by atoms with van der Waals surface area (Å²) in [5.74, 6) is -2.36. The zero-order valence-electron chi connectivity index (χ0n) is 19.1. The van der Waals surface area contributed by atoms with E-state index in [1.807, 2.05) is 0 Å². The van der Waals surface area contributed by atoms with Crippen LogP contribution in [0.1, 0.15) is 29.0 Å². The number of rotatable bonds is 6. The third kappa shape index (κ3) is 6.14. The normalized spacial score (nSPS) is 12.8. The number of halogens is 4. The summed E-state index contributed by atoms with van der Waals surface area (Å²) in [5.41, 5.74) is 0.873. The quantitative estimate of drug-likeness (QED) is 0.367. The summed E-state index contributed by atoms with van der Waals surface area (Å²) in [4.78, 5) is 29.6. The van der Waals surface area contributed by atoms with Crippen LogP contribution in [0.2, 0.25) is 0 Å². The molecule has 4 aromatic rings. The fourth-order valence-corrected chi connectivity index (χ4v) is 4.04. The van der Waals surface area contributed by atoms with Crippen LogP contribution in [0, 0.1) is 5.82 Å². The number of amides is 1. The number of nitrogens with zero attached hydrogens (tertiary/aromatic N) is 4. The maximum atomic E-state index is 13.4. The third-order valence-electron chi connectivity index (χ3n) is 5.00. The molecule has 0 unspecified atom stereocenters. The van der Waals surface area contributed by atoms with E-state index < -0.39 is 50.2 Å². The van der Waals surface area contributed by atoms with Gasteiger partial charge in [-0.15, -0.1) is 13.2 Å². The molecule has 14 heteroatoms. The number of nitrogens with one attached hydrogen (secondary N) is 1. The molecule has 3 aromatic heterocycles. The minimum atomic E-state index is -5.11. The maximum Gasteiger partial charge on any atom is 0.573 e. The van der Waals surface area contributed by atoms with Crippen molar-refractivity contribution in [3.05, 3.63) is 71.9 Å². The van der Waals surface area contributed by atoms with Gasteiger partial charge >= 0.3 is 6.36 Å². The van der Waals surface area contributed by atoms with E-state index in [4.69, 9.17) is 0 Å². The molecule has 0 aliphatic rings. The first-order chi connectivity index (χ1) is 17.3. The lowest BCUT2D eigenvalue weighted by atomic mass is 10.1. The van der Waals surface area contributed by atoms with Crippen LogP contribution in [0.3, 0.4) is 0 Å². The first-order valence-electron chi connectivity index (χ1n) is 10.5. The van der Waals surface area contributed by atoms with Crippen LogP contribution in [0.4, 0.5) is 17.6 Å². The molecule has 0 aliphatic heterocycles. The number of pyridine rings is 2. The molecule has 1 aromatic carbocycles. The van der Waals surface area contributed by atoms with E-state index in [0.717, 1.165) is 24.6 Å². The second kappa shape index (κ2) is 9.69. The summed E-state index contributed by atoms with van der Waals surface area (Å²) in [6, 6.07) is 7.25. The molecule has 4 rings (SSSR count). The van der Waals surface area contributed by atoms with Crippen molar-refractivity contribution in [1.82, 2.24) is 25.3 Å². The molecular weight excluding hydrogens is 518 g/mol. The van der Waals surface area contributed by atoms with Gasteiger partial charge in [-0.25, -0.2) is 27.8 Å². The summed E-state index contributed by atoms with van der Waals surface area (Å²) in [7, 11) is -3.98. The van der Waals surface area contributed by atoms with E-state index >= 15 is 0 Å². The number of ether oxygens (including phenoxy) is 1. The van der Waals surface area contributed by atoms with Gasteiger partial charge in [0.05, 0.1) is 28.5 Å². The molecule has 1 amide bonds. The minimum Gasteiger partial charge on any atom is -0.406 e. The molecule has 3 heterocycles. The Hall–Kier alpha value is -4.20. The largest absolute Gasteiger partial charge is 0.573 e. The number of aromatic nitrogens is 4. The standard InChI is InChI=1S/C23H17F4N5O4S/c1-12(30-22(33)13-8-15(36-23(25,26)27)10-16(9-13)37(2,34)35)19-20(17-6-5-14(24)11-29-17)32-21-18(31-19)4-3-7-28-21/h3-12H,1-2H3,(H,30,33)/t12-/m0/s1. The van der Waals surface area contributed by atoms with Gasteiger partial charge in [0.1, 0.15) is 22.8 Å². The van der Waals surface area contributed by atoms with E-state index in [2.05, 4.69) is 30.0 Å². The van der Waals surface area contributed by atoms with Crippen molar-refractivity contribution in [1.29, 1.82) is 0 Å². The number of carbonyl (C=O) groups excluding carboxylic acids is 1. The lowest BCUT2D eigenvalue weighted by Gasteiger charge is -2.18. The fraction of sp³-hybridized carbons (Fsp3) is 0.174. The van der Waals surface area contributed by atoms with Crippen molar-refractivity contribution < 1.29 is 35.5 Å². The highest BCUT2D eigenvalue weighted by Crippen LogP contribution is 2.29. The van der Waals surface area contributed by atoms with Crippen molar-refractivity contribution in [2.24, 2.45) is 0 Å². The molecule has 0 spiro atoms. The number of benzene rings is 1. The van der Waals surface area contributed by atoms with Crippen LogP contribution in [-0.2, 0) is 9.84 Å². The predicted octanol–water partition coefficient (Wildman–Crippen LogP) is 4.02. The van der Waals surface area contributed by atoms with E-state index in [9.17, 15) is 30.8 Å². The summed E-state index contributed by atoms with van der Waals surface area (Å²) < 4.78 is 79.6. The summed E-state index contributed by atoms with van der Waals surface area (Å²) in [5, 5.41) is 2.57. The number of hydrogen-bond donors (Lipinski definition) is 1. The molecule has 9 nitrogen and oxygen atoms in total. The molecule has 0 bridgehead atoms. The Morgan fingerprint density at radius 1 is 1.08 bits per heavy atom. The third-order valence-corrected chi connectivity index (χ3v) is 6.09. The smallest absolute Gasteiger partial charge is 0.406 e. The van der Waals surface area contributed by atoms with E-state index in [1.54, 1.807) is 12.1 Å². The van der Waals surface area contributed by atoms with Crippen molar-refractivity contribution in [3.8, 4) is 17.1 Å². The fourth-order valence-electron chi connectivity index (χ4n) is 3.37. The molecule has 0 fully saturated rings. The number of carbonyl (C=O) groups is 1. The van der Waals surface area contributed by atoms with E-state index in [0.29, 0.717) is 11.6 Å². The maximum absolute atomic E-state index is 13.4. The number of fused-ring (bicyclic) bond motifs is 1. The zero-order chi connectivity index (χ0) is 27.0. The Bertz CT molecular complexity index is 1600. The van der Waals surface area contributed by atoms with Gasteiger partial charge in [0.25, 0.3) is 5.91 Å². The zero-order valence-corrected chi connectivity index (χ0v) is 19.9.